The SMILES string of the molecule is CC(C)(C)OC(=O)NCC1CCCC1.CC1(C)COC(CC2CCCC2)=N1.CCC. The van der Waals surface area contributed by atoms with E-state index >= 15 is 0 Å². The molecule has 0 aromatic heterocycles. The highest BCUT2D eigenvalue weighted by Crippen LogP contribution is 2.30. The van der Waals surface area contributed by atoms with Crippen LogP contribution >= 0.6 is 0 Å². The van der Waals surface area contributed by atoms with Crippen molar-refractivity contribution in [1.82, 2.24) is 5.32 Å². The lowest BCUT2D eigenvalue weighted by Crippen LogP contribution is -2.34. The molecule has 1 amide bonds. The minimum absolute atomic E-state index is 0.0357. The number of carbonyl (C=O) groups is 1. The van der Waals surface area contributed by atoms with Crippen molar-refractivity contribution in [3.63, 3.8) is 0 Å². The lowest BCUT2D eigenvalue weighted by molar-refractivity contribution is 0.0519. The molecule has 0 saturated heterocycles. The molecule has 0 unspecified atom stereocenters. The molecule has 3 aliphatic rings. The zero-order valence-corrected chi connectivity index (χ0v) is 20.8. The molecule has 2 saturated carbocycles. The summed E-state index contributed by atoms with van der Waals surface area (Å²) in [5.41, 5.74) is -0.353. The van der Waals surface area contributed by atoms with Crippen LogP contribution in [0.25, 0.3) is 0 Å². The molecule has 2 fully saturated rings. The van der Waals surface area contributed by atoms with E-state index in [-0.39, 0.29) is 17.2 Å². The third kappa shape index (κ3) is 12.4. The number of aliphatic imine (C=N–C) groups is 1. The van der Waals surface area contributed by atoms with Gasteiger partial charge < -0.3 is 14.8 Å². The van der Waals surface area contributed by atoms with Gasteiger partial charge in [0.25, 0.3) is 0 Å². The molecule has 5 heteroatoms. The van der Waals surface area contributed by atoms with E-state index in [2.05, 4.69) is 38.0 Å². The number of alkyl carbamates (subject to hydrolysis) is 1. The van der Waals surface area contributed by atoms with E-state index in [1.807, 2.05) is 20.8 Å². The summed E-state index contributed by atoms with van der Waals surface area (Å²) in [7, 11) is 0. The lowest BCUT2D eigenvalue weighted by Gasteiger charge is -2.20. The third-order valence-electron chi connectivity index (χ3n) is 5.37. The fourth-order valence-corrected chi connectivity index (χ4v) is 3.98. The van der Waals surface area contributed by atoms with E-state index in [0.29, 0.717) is 5.92 Å². The molecule has 176 valence electrons. The average Bonchev–Trinajstić information content (AvgIpc) is 3.36. The number of nitrogens with zero attached hydrogens (tertiary/aromatic N) is 1. The van der Waals surface area contributed by atoms with E-state index in [4.69, 9.17) is 9.47 Å². The second kappa shape index (κ2) is 13.2. The number of nitrogens with one attached hydrogen (secondary N) is 1. The van der Waals surface area contributed by atoms with Gasteiger partial charge in [0.2, 0.25) is 0 Å². The van der Waals surface area contributed by atoms with E-state index in [0.717, 1.165) is 31.4 Å². The predicted molar refractivity (Wildman–Crippen MR) is 126 cm³/mol. The highest BCUT2D eigenvalue weighted by molar-refractivity contribution is 5.78. The number of ether oxygens (including phenoxy) is 2. The molecule has 3 rings (SSSR count). The predicted octanol–water partition coefficient (Wildman–Crippen LogP) is 6.89. The first kappa shape index (κ1) is 26.8. The highest BCUT2D eigenvalue weighted by atomic mass is 16.6. The van der Waals surface area contributed by atoms with Crippen LogP contribution in [0.1, 0.15) is 113 Å². The molecule has 0 bridgehead atoms. The summed E-state index contributed by atoms with van der Waals surface area (Å²) < 4.78 is 10.7. The van der Waals surface area contributed by atoms with Crippen molar-refractivity contribution in [2.45, 2.75) is 124 Å². The van der Waals surface area contributed by atoms with Gasteiger partial charge in [0.1, 0.15) is 12.2 Å². The first-order chi connectivity index (χ1) is 14.0. The molecule has 1 aliphatic heterocycles. The maximum atomic E-state index is 11.3. The van der Waals surface area contributed by atoms with Crippen LogP contribution in [0.2, 0.25) is 0 Å². The summed E-state index contributed by atoms with van der Waals surface area (Å²) in [5.74, 6) is 2.53. The maximum absolute atomic E-state index is 11.3. The maximum Gasteiger partial charge on any atom is 0.407 e. The Balaban J connectivity index is 0.000000266. The molecule has 2 aliphatic carbocycles. The van der Waals surface area contributed by atoms with Gasteiger partial charge in [-0.3, -0.25) is 0 Å². The van der Waals surface area contributed by atoms with Crippen molar-refractivity contribution in [2.24, 2.45) is 16.8 Å². The van der Waals surface area contributed by atoms with Gasteiger partial charge in [0.15, 0.2) is 5.90 Å². The molecule has 0 aromatic rings. The van der Waals surface area contributed by atoms with Crippen LogP contribution < -0.4 is 5.32 Å². The van der Waals surface area contributed by atoms with Gasteiger partial charge in [-0.05, 0) is 72.1 Å². The summed E-state index contributed by atoms with van der Waals surface area (Å²) >= 11 is 0. The van der Waals surface area contributed by atoms with Crippen LogP contribution in [-0.4, -0.2) is 36.3 Å². The van der Waals surface area contributed by atoms with Crippen molar-refractivity contribution in [3.8, 4) is 0 Å². The van der Waals surface area contributed by atoms with Crippen molar-refractivity contribution >= 4 is 12.0 Å². The molecule has 5 nitrogen and oxygen atoms in total. The molecular weight excluding hydrogens is 376 g/mol. The van der Waals surface area contributed by atoms with Crippen molar-refractivity contribution in [1.29, 1.82) is 0 Å². The van der Waals surface area contributed by atoms with Crippen LogP contribution in [0.3, 0.4) is 0 Å². The standard InChI is InChI=1S/C11H21NO2.C11H19NO.C3H8/c1-11(2,3)14-10(13)12-8-9-6-4-5-7-9;1-11(2)8-13-10(12-11)7-9-5-3-4-6-9;1-3-2/h9H,4-8H2,1-3H3,(H,12,13);9H,3-8H2,1-2H3;3H2,1-2H3. The van der Waals surface area contributed by atoms with Crippen LogP contribution in [0.5, 0.6) is 0 Å². The zero-order valence-electron chi connectivity index (χ0n) is 20.8. The molecular formula is C25H48N2O3. The average molecular weight is 425 g/mol. The summed E-state index contributed by atoms with van der Waals surface area (Å²) in [6.07, 6.45) is 12.7. The van der Waals surface area contributed by atoms with E-state index < -0.39 is 0 Å². The van der Waals surface area contributed by atoms with Crippen molar-refractivity contribution in [2.75, 3.05) is 13.2 Å². The quantitative estimate of drug-likeness (QED) is 0.534. The Morgan fingerprint density at radius 3 is 2.00 bits per heavy atom. The van der Waals surface area contributed by atoms with Gasteiger partial charge in [-0.1, -0.05) is 46.0 Å². The Bertz CT molecular complexity index is 511. The van der Waals surface area contributed by atoms with E-state index in [1.54, 1.807) is 0 Å². The summed E-state index contributed by atoms with van der Waals surface area (Å²) in [6.45, 7) is 15.7. The smallest absolute Gasteiger partial charge is 0.407 e. The molecule has 1 heterocycles. The van der Waals surface area contributed by atoms with Crippen LogP contribution in [0.4, 0.5) is 4.79 Å². The second-order valence-electron chi connectivity index (χ2n) is 10.7. The van der Waals surface area contributed by atoms with Crippen LogP contribution in [0.15, 0.2) is 4.99 Å². The minimum Gasteiger partial charge on any atom is -0.478 e. The molecule has 0 aromatic carbocycles. The fraction of sp³-hybridized carbons (Fsp3) is 0.920. The Hall–Kier alpha value is -1.26. The number of amides is 1. The molecule has 1 N–H and O–H groups in total. The third-order valence-corrected chi connectivity index (χ3v) is 5.37. The second-order valence-corrected chi connectivity index (χ2v) is 10.7. The van der Waals surface area contributed by atoms with E-state index in [1.165, 1.54) is 57.8 Å². The Morgan fingerprint density at radius 2 is 1.57 bits per heavy atom. The van der Waals surface area contributed by atoms with E-state index in [9.17, 15) is 4.79 Å². The number of carbonyl (C=O) groups excluding carboxylic acids is 1. The van der Waals surface area contributed by atoms with Gasteiger partial charge in [0.05, 0.1) is 5.54 Å². The number of hydrogen-bond donors (Lipinski definition) is 1. The summed E-state index contributed by atoms with van der Waals surface area (Å²) in [6, 6.07) is 0. The van der Waals surface area contributed by atoms with Crippen LogP contribution in [0, 0.1) is 11.8 Å². The van der Waals surface area contributed by atoms with Crippen molar-refractivity contribution < 1.29 is 14.3 Å². The van der Waals surface area contributed by atoms with Gasteiger partial charge in [0, 0.05) is 13.0 Å². The van der Waals surface area contributed by atoms with Crippen LogP contribution in [-0.2, 0) is 9.47 Å². The monoisotopic (exact) mass is 424 g/mol. The lowest BCUT2D eigenvalue weighted by atomic mass is 10.0. The van der Waals surface area contributed by atoms with Gasteiger partial charge in [-0.25, -0.2) is 9.79 Å². The van der Waals surface area contributed by atoms with Gasteiger partial charge in [-0.15, -0.1) is 0 Å². The minimum atomic E-state index is -0.389. The highest BCUT2D eigenvalue weighted by Gasteiger charge is 2.28. The topological polar surface area (TPSA) is 59.9 Å². The number of rotatable bonds is 4. The zero-order chi connectivity index (χ0) is 22.6. The fourth-order valence-electron chi connectivity index (χ4n) is 3.98. The largest absolute Gasteiger partial charge is 0.478 e. The van der Waals surface area contributed by atoms with Crippen molar-refractivity contribution in [3.05, 3.63) is 0 Å². The molecule has 0 radical (unpaired) electrons. The first-order valence-corrected chi connectivity index (χ1v) is 12.2. The molecule has 30 heavy (non-hydrogen) atoms. The number of hydrogen-bond acceptors (Lipinski definition) is 4. The van der Waals surface area contributed by atoms with Gasteiger partial charge >= 0.3 is 6.09 Å². The summed E-state index contributed by atoms with van der Waals surface area (Å²) in [5, 5.41) is 2.82. The molecule has 0 atom stereocenters. The summed E-state index contributed by atoms with van der Waals surface area (Å²) in [4.78, 5) is 15.9. The normalized spacial score (nSPS) is 21.0. The Morgan fingerprint density at radius 1 is 1.07 bits per heavy atom. The first-order valence-electron chi connectivity index (χ1n) is 12.2. The Labute approximate surface area is 185 Å². The van der Waals surface area contributed by atoms with Gasteiger partial charge in [-0.2, -0.15) is 0 Å². The Kier molecular flexibility index (Phi) is 11.8. The molecule has 0 spiro atoms.